The number of ketones is 1. The van der Waals surface area contributed by atoms with Crippen LogP contribution in [0.15, 0.2) is 30.6 Å². The third-order valence-corrected chi connectivity index (χ3v) is 9.10. The van der Waals surface area contributed by atoms with E-state index in [2.05, 4.69) is 15.3 Å². The van der Waals surface area contributed by atoms with Gasteiger partial charge in [-0.25, -0.2) is 14.4 Å². The molecule has 4 heterocycles. The van der Waals surface area contributed by atoms with Gasteiger partial charge in [0.05, 0.1) is 18.9 Å². The molecule has 0 spiro atoms. The van der Waals surface area contributed by atoms with Crippen LogP contribution in [0.4, 0.5) is 10.2 Å². The van der Waals surface area contributed by atoms with Gasteiger partial charge in [0.2, 0.25) is 11.8 Å². The van der Waals surface area contributed by atoms with Crippen molar-refractivity contribution in [1.82, 2.24) is 15.3 Å². The molecule has 1 saturated heterocycles. The predicted octanol–water partition coefficient (Wildman–Crippen LogP) is 4.43. The SMILES string of the molecule is COc1ncccc1C(=O)NC1CCC(C2CC(=O)c3cc(F)cnc3N(C3CCSCC3)C(=O)C2)CC1. The molecule has 8 nitrogen and oxygen atoms in total. The topological polar surface area (TPSA) is 101 Å². The van der Waals surface area contributed by atoms with E-state index in [0.29, 0.717) is 11.4 Å². The Labute approximate surface area is 226 Å². The second kappa shape index (κ2) is 11.8. The summed E-state index contributed by atoms with van der Waals surface area (Å²) in [4.78, 5) is 50.0. The van der Waals surface area contributed by atoms with E-state index in [1.165, 1.54) is 13.2 Å². The number of pyridine rings is 2. The van der Waals surface area contributed by atoms with Crippen molar-refractivity contribution in [1.29, 1.82) is 0 Å². The minimum absolute atomic E-state index is 0.00104. The molecule has 2 fully saturated rings. The molecule has 0 aromatic carbocycles. The molecule has 1 N–H and O–H groups in total. The van der Waals surface area contributed by atoms with Gasteiger partial charge in [0, 0.05) is 31.1 Å². The van der Waals surface area contributed by atoms with Gasteiger partial charge < -0.3 is 10.1 Å². The fourth-order valence-corrected chi connectivity index (χ4v) is 7.15. The van der Waals surface area contributed by atoms with Crippen LogP contribution in [0.1, 0.15) is 72.1 Å². The Bertz CT molecular complexity index is 1200. The predicted molar refractivity (Wildman–Crippen MR) is 143 cm³/mol. The molecule has 1 unspecified atom stereocenters. The lowest BCUT2D eigenvalue weighted by atomic mass is 9.74. The molecule has 10 heteroatoms. The molecular formula is C28H33FN4O4S. The molecular weight excluding hydrogens is 507 g/mol. The first-order chi connectivity index (χ1) is 18.4. The van der Waals surface area contributed by atoms with Gasteiger partial charge in [-0.15, -0.1) is 0 Å². The first-order valence-electron chi connectivity index (χ1n) is 13.3. The first kappa shape index (κ1) is 26.6. The summed E-state index contributed by atoms with van der Waals surface area (Å²) in [6.45, 7) is 0. The Balaban J connectivity index is 1.29. The maximum Gasteiger partial charge on any atom is 0.256 e. The molecule has 2 aromatic heterocycles. The molecule has 2 aliphatic heterocycles. The minimum Gasteiger partial charge on any atom is -0.480 e. The van der Waals surface area contributed by atoms with E-state index in [9.17, 15) is 18.8 Å². The van der Waals surface area contributed by atoms with Gasteiger partial charge in [0.15, 0.2) is 5.78 Å². The zero-order valence-electron chi connectivity index (χ0n) is 21.5. The molecule has 2 aromatic rings. The molecule has 5 rings (SSSR count). The standard InChI is InChI=1S/C28H33FN4O4S/c1-37-28-22(3-2-10-30-28)27(36)32-20-6-4-17(5-7-20)18-13-24(34)23-15-19(29)16-31-26(23)33(25(35)14-18)21-8-11-38-12-9-21/h2-3,10,15-18,20-21H,4-9,11-14H2,1H3,(H,32,36). The van der Waals surface area contributed by atoms with Gasteiger partial charge in [-0.05, 0) is 80.1 Å². The Morgan fingerprint density at radius 2 is 1.84 bits per heavy atom. The Hall–Kier alpha value is -3.01. The maximum atomic E-state index is 14.2. The van der Waals surface area contributed by atoms with E-state index in [4.69, 9.17) is 4.74 Å². The zero-order chi connectivity index (χ0) is 26.6. The van der Waals surface area contributed by atoms with E-state index < -0.39 is 5.82 Å². The van der Waals surface area contributed by atoms with Crippen molar-refractivity contribution in [2.24, 2.45) is 11.8 Å². The number of halogens is 1. The monoisotopic (exact) mass is 540 g/mol. The van der Waals surface area contributed by atoms with Crippen molar-refractivity contribution >= 4 is 35.2 Å². The Kier molecular flexibility index (Phi) is 8.26. The highest BCUT2D eigenvalue weighted by Gasteiger charge is 2.39. The van der Waals surface area contributed by atoms with Gasteiger partial charge in [-0.3, -0.25) is 19.3 Å². The van der Waals surface area contributed by atoms with Crippen molar-refractivity contribution in [2.75, 3.05) is 23.5 Å². The third-order valence-electron chi connectivity index (χ3n) is 8.05. The number of amides is 2. The van der Waals surface area contributed by atoms with Crippen LogP contribution in [0, 0.1) is 17.7 Å². The number of nitrogens with zero attached hydrogens (tertiary/aromatic N) is 3. The smallest absolute Gasteiger partial charge is 0.256 e. The van der Waals surface area contributed by atoms with Crippen molar-refractivity contribution in [3.8, 4) is 5.88 Å². The number of hydrogen-bond acceptors (Lipinski definition) is 7. The van der Waals surface area contributed by atoms with Gasteiger partial charge in [0.1, 0.15) is 17.2 Å². The molecule has 0 radical (unpaired) electrons. The second-order valence-corrected chi connectivity index (χ2v) is 11.6. The van der Waals surface area contributed by atoms with E-state index >= 15 is 0 Å². The zero-order valence-corrected chi connectivity index (χ0v) is 22.3. The number of rotatable bonds is 5. The van der Waals surface area contributed by atoms with Crippen molar-refractivity contribution in [2.45, 2.75) is 63.5 Å². The number of ether oxygens (including phenoxy) is 1. The van der Waals surface area contributed by atoms with E-state index in [-0.39, 0.29) is 65.8 Å². The summed E-state index contributed by atoms with van der Waals surface area (Å²) < 4.78 is 19.4. The summed E-state index contributed by atoms with van der Waals surface area (Å²) >= 11 is 1.86. The van der Waals surface area contributed by atoms with Crippen LogP contribution in [0.25, 0.3) is 0 Å². The fourth-order valence-electron chi connectivity index (χ4n) is 6.07. The number of anilines is 1. The van der Waals surface area contributed by atoms with Crippen molar-refractivity contribution in [3.63, 3.8) is 0 Å². The molecule has 38 heavy (non-hydrogen) atoms. The number of carbonyl (C=O) groups is 3. The van der Waals surface area contributed by atoms with Crippen LogP contribution >= 0.6 is 11.8 Å². The molecule has 2 amide bonds. The quantitative estimate of drug-likeness (QED) is 0.599. The number of carbonyl (C=O) groups excluding carboxylic acids is 3. The Morgan fingerprint density at radius 3 is 2.58 bits per heavy atom. The Morgan fingerprint density at radius 1 is 1.08 bits per heavy atom. The number of Topliss-reactive ketones (excluding diaryl/α,β-unsaturated/α-hetero) is 1. The largest absolute Gasteiger partial charge is 0.480 e. The summed E-state index contributed by atoms with van der Waals surface area (Å²) in [5.41, 5.74) is 0.613. The summed E-state index contributed by atoms with van der Waals surface area (Å²) in [5, 5.41) is 3.09. The molecule has 1 aliphatic carbocycles. The van der Waals surface area contributed by atoms with Crippen LogP contribution in [0.3, 0.4) is 0 Å². The highest BCUT2D eigenvalue weighted by atomic mass is 32.2. The molecule has 0 bridgehead atoms. The highest BCUT2D eigenvalue weighted by molar-refractivity contribution is 7.99. The number of thioether (sulfide) groups is 1. The average molecular weight is 541 g/mol. The average Bonchev–Trinajstić information content (AvgIpc) is 2.94. The first-order valence-corrected chi connectivity index (χ1v) is 14.5. The number of nitrogens with one attached hydrogen (secondary N) is 1. The third kappa shape index (κ3) is 5.70. The number of methoxy groups -OCH3 is 1. The lowest BCUT2D eigenvalue weighted by molar-refractivity contribution is -0.120. The van der Waals surface area contributed by atoms with Crippen LogP contribution in [-0.2, 0) is 4.79 Å². The highest BCUT2D eigenvalue weighted by Crippen LogP contribution is 2.39. The second-order valence-electron chi connectivity index (χ2n) is 10.4. The van der Waals surface area contributed by atoms with Crippen LogP contribution in [0.2, 0.25) is 0 Å². The lowest BCUT2D eigenvalue weighted by Crippen LogP contribution is -2.46. The number of fused-ring (bicyclic) bond motifs is 1. The van der Waals surface area contributed by atoms with E-state index in [1.54, 1.807) is 23.2 Å². The van der Waals surface area contributed by atoms with Gasteiger partial charge in [0.25, 0.3) is 5.91 Å². The number of hydrogen-bond donors (Lipinski definition) is 1. The molecule has 1 atom stereocenters. The lowest BCUT2D eigenvalue weighted by Gasteiger charge is -2.39. The van der Waals surface area contributed by atoms with Crippen molar-refractivity contribution < 1.29 is 23.5 Å². The number of aromatic nitrogens is 2. The van der Waals surface area contributed by atoms with Gasteiger partial charge >= 0.3 is 0 Å². The summed E-state index contributed by atoms with van der Waals surface area (Å²) in [5.74, 6) is 1.58. The summed E-state index contributed by atoms with van der Waals surface area (Å²) in [7, 11) is 1.49. The minimum atomic E-state index is -0.567. The van der Waals surface area contributed by atoms with Crippen LogP contribution in [0.5, 0.6) is 5.88 Å². The molecule has 1 saturated carbocycles. The fraction of sp³-hybridized carbons (Fsp3) is 0.536. The molecule has 3 aliphatic rings. The van der Waals surface area contributed by atoms with Crippen molar-refractivity contribution in [3.05, 3.63) is 47.5 Å². The van der Waals surface area contributed by atoms with E-state index in [0.717, 1.165) is 56.2 Å². The van der Waals surface area contributed by atoms with Gasteiger partial charge in [-0.2, -0.15) is 11.8 Å². The van der Waals surface area contributed by atoms with Crippen LogP contribution < -0.4 is 15.0 Å². The van der Waals surface area contributed by atoms with E-state index in [1.807, 2.05) is 11.8 Å². The normalized spacial score (nSPS) is 24.8. The van der Waals surface area contributed by atoms with Gasteiger partial charge in [-0.1, -0.05) is 0 Å². The summed E-state index contributed by atoms with van der Waals surface area (Å²) in [6.07, 6.45) is 7.94. The molecule has 202 valence electrons. The maximum absolute atomic E-state index is 14.2. The van der Waals surface area contributed by atoms with Crippen LogP contribution in [-0.4, -0.2) is 58.3 Å². The summed E-state index contributed by atoms with van der Waals surface area (Å²) in [6, 6.07) is 4.60.